The Morgan fingerprint density at radius 2 is 0.570 bits per heavy atom. The van der Waals surface area contributed by atoms with Crippen molar-refractivity contribution in [3.63, 3.8) is 0 Å². The zero-order chi connectivity index (χ0) is 77.6. The van der Waals surface area contributed by atoms with Crippen molar-refractivity contribution in [2.75, 3.05) is 78.6 Å². The van der Waals surface area contributed by atoms with Crippen LogP contribution in [0.4, 0.5) is 0 Å². The lowest BCUT2D eigenvalue weighted by Crippen LogP contribution is -2.41. The van der Waals surface area contributed by atoms with Crippen LogP contribution in [0.5, 0.6) is 0 Å². The first kappa shape index (κ1) is 105. The van der Waals surface area contributed by atoms with Crippen LogP contribution in [0, 0.1) is 0 Å². The monoisotopic (exact) mass is 1500 g/mol. The molecule has 0 spiro atoms. The Morgan fingerprint density at radius 3 is 0.907 bits per heavy atom. The van der Waals surface area contributed by atoms with Crippen molar-refractivity contribution in [1.82, 2.24) is 20.0 Å². The van der Waals surface area contributed by atoms with Gasteiger partial charge in [-0.15, -0.1) is 0 Å². The lowest BCUT2D eigenvalue weighted by Gasteiger charge is -2.29. The molecular weight excluding hydrogens is 1310 g/mol. The zero-order valence-corrected chi connectivity index (χ0v) is 73.1. The van der Waals surface area contributed by atoms with Crippen LogP contribution in [-0.2, 0) is 14.3 Å². The smallest absolute Gasteiger partial charge is 0.330 e. The average Bonchev–Trinajstić information content (AvgIpc) is 1.13. The summed E-state index contributed by atoms with van der Waals surface area (Å²) in [6, 6.07) is 0. The fourth-order valence-corrected chi connectivity index (χ4v) is 15.6. The van der Waals surface area contributed by atoms with Crippen molar-refractivity contribution >= 4 is 11.8 Å². The summed E-state index contributed by atoms with van der Waals surface area (Å²) in [6.07, 6.45) is 101. The van der Waals surface area contributed by atoms with Crippen molar-refractivity contribution in [2.45, 2.75) is 490 Å². The summed E-state index contributed by atoms with van der Waals surface area (Å²) in [7, 11) is 0. The van der Waals surface area contributed by atoms with Crippen molar-refractivity contribution < 1.29 is 24.5 Å². The van der Waals surface area contributed by atoms with Gasteiger partial charge in [-0.2, -0.15) is 0 Å². The van der Waals surface area contributed by atoms with Crippen LogP contribution in [0.25, 0.3) is 0 Å². The van der Waals surface area contributed by atoms with Gasteiger partial charge in [-0.1, -0.05) is 456 Å². The first-order valence-electron chi connectivity index (χ1n) is 48.3. The Morgan fingerprint density at radius 1 is 0.308 bits per heavy atom. The minimum atomic E-state index is -0.515. The number of hydrogen-bond donors (Lipinski definition) is 3. The molecule has 0 amide bonds. The van der Waals surface area contributed by atoms with Gasteiger partial charge in [0.2, 0.25) is 0 Å². The molecule has 0 aliphatic heterocycles. The maximum absolute atomic E-state index is 13.3. The van der Waals surface area contributed by atoms with E-state index < -0.39 is 12.2 Å². The second-order valence-electron chi connectivity index (χ2n) is 33.7. The highest BCUT2D eigenvalue weighted by molar-refractivity contribution is 5.89. The predicted octanol–water partition coefficient (Wildman–Crippen LogP) is 28.6. The van der Waals surface area contributed by atoms with Crippen molar-refractivity contribution in [1.29, 1.82) is 0 Å². The SMILES string of the molecule is C=C(/C=C/CN(C/C=C/C(=O)CCCCCCCCCCCCCCCC)CC(O)CN(CCCCCCCCCCCCCC)CCCCN(CCCCCCCCCCCCCC)CC(O)CNC/C=C/C(=O)OCCCCCCCCCCCCCCC)CCCCCCCCCCCCCCCC. The topological polar surface area (TPSA) is 106 Å². The quantitative estimate of drug-likeness (QED) is 0.0238. The molecule has 0 aromatic carbocycles. The molecule has 0 aromatic rings. The van der Waals surface area contributed by atoms with Crippen LogP contribution < -0.4 is 5.32 Å². The third-order valence-electron chi connectivity index (χ3n) is 22.7. The molecule has 0 bridgehead atoms. The largest absolute Gasteiger partial charge is 0.463 e. The van der Waals surface area contributed by atoms with E-state index in [-0.39, 0.29) is 11.8 Å². The van der Waals surface area contributed by atoms with Gasteiger partial charge in [0.1, 0.15) is 0 Å². The van der Waals surface area contributed by atoms with Crippen molar-refractivity contribution in [3.05, 3.63) is 48.6 Å². The highest BCUT2D eigenvalue weighted by Crippen LogP contribution is 2.20. The molecule has 0 aliphatic carbocycles. The van der Waals surface area contributed by atoms with Crippen LogP contribution in [-0.4, -0.2) is 127 Å². The summed E-state index contributed by atoms with van der Waals surface area (Å²) in [5.74, 6) is -0.0476. The van der Waals surface area contributed by atoms with Gasteiger partial charge in [-0.25, -0.2) is 4.79 Å². The molecule has 9 heteroatoms. The molecule has 632 valence electrons. The molecular formula is C98H190N4O5. The molecule has 2 unspecified atom stereocenters. The summed E-state index contributed by atoms with van der Waals surface area (Å²) < 4.78 is 5.53. The number of aliphatic hydroxyl groups excluding tert-OH is 2. The number of hydrogen-bond acceptors (Lipinski definition) is 9. The average molecular weight is 1500 g/mol. The number of esters is 1. The highest BCUT2D eigenvalue weighted by Gasteiger charge is 2.17. The number of carbonyl (C=O) groups excluding carboxylic acids is 2. The summed E-state index contributed by atoms with van der Waals surface area (Å²) in [5, 5.41) is 27.0. The van der Waals surface area contributed by atoms with E-state index in [1.54, 1.807) is 6.08 Å². The van der Waals surface area contributed by atoms with E-state index in [0.717, 1.165) is 84.0 Å². The van der Waals surface area contributed by atoms with Gasteiger partial charge in [0.05, 0.1) is 18.8 Å². The molecule has 0 saturated heterocycles. The first-order chi connectivity index (χ1) is 52.7. The second kappa shape index (κ2) is 89.4. The van der Waals surface area contributed by atoms with Gasteiger partial charge in [0, 0.05) is 58.3 Å². The van der Waals surface area contributed by atoms with Crippen LogP contribution in [0.3, 0.4) is 0 Å². The van der Waals surface area contributed by atoms with E-state index in [9.17, 15) is 19.8 Å². The van der Waals surface area contributed by atoms with Crippen molar-refractivity contribution in [3.8, 4) is 0 Å². The lowest BCUT2D eigenvalue weighted by molar-refractivity contribution is -0.137. The van der Waals surface area contributed by atoms with Gasteiger partial charge >= 0.3 is 5.97 Å². The number of ketones is 1. The Kier molecular flexibility index (Phi) is 87.6. The molecule has 0 rings (SSSR count). The number of nitrogens with one attached hydrogen (secondary N) is 1. The summed E-state index contributed by atoms with van der Waals surface area (Å²) in [6.45, 7) is 24.5. The lowest BCUT2D eigenvalue weighted by atomic mass is 10.0. The van der Waals surface area contributed by atoms with E-state index in [1.165, 1.54) is 384 Å². The van der Waals surface area contributed by atoms with E-state index in [2.05, 4.69) is 79.4 Å². The Bertz CT molecular complexity index is 1820. The number of aliphatic hydroxyl groups is 2. The minimum Gasteiger partial charge on any atom is -0.463 e. The molecule has 107 heavy (non-hydrogen) atoms. The summed E-state index contributed by atoms with van der Waals surface area (Å²) in [4.78, 5) is 33.2. The molecule has 3 N–H and O–H groups in total. The number of allylic oxidation sites excluding steroid dienone is 3. The van der Waals surface area contributed by atoms with Gasteiger partial charge in [0.15, 0.2) is 5.78 Å². The molecule has 0 aliphatic rings. The second-order valence-corrected chi connectivity index (χ2v) is 33.7. The van der Waals surface area contributed by atoms with E-state index in [0.29, 0.717) is 58.8 Å². The molecule has 0 heterocycles. The van der Waals surface area contributed by atoms with Gasteiger partial charge in [0.25, 0.3) is 0 Å². The van der Waals surface area contributed by atoms with Crippen LogP contribution in [0.15, 0.2) is 48.6 Å². The highest BCUT2D eigenvalue weighted by atomic mass is 16.5. The Labute approximate surface area is 669 Å². The number of rotatable bonds is 92. The number of ether oxygens (including phenoxy) is 1. The maximum atomic E-state index is 13.3. The number of carbonyl (C=O) groups is 2. The van der Waals surface area contributed by atoms with Gasteiger partial charge < -0.3 is 30.1 Å². The fraction of sp³-hybridized carbons (Fsp3) is 0.898. The zero-order valence-electron chi connectivity index (χ0n) is 73.1. The van der Waals surface area contributed by atoms with Crippen LogP contribution in [0.1, 0.15) is 478 Å². The molecule has 0 saturated carbocycles. The molecule has 9 nitrogen and oxygen atoms in total. The first-order valence-corrected chi connectivity index (χ1v) is 48.3. The maximum Gasteiger partial charge on any atom is 0.330 e. The Balaban J connectivity index is 5.86. The standard InChI is InChI=1S/C98H190N4O5/c1-7-12-17-22-27-32-37-42-44-47-52-57-62-67-77-94(6)78-75-87-102(88-76-80-95(103)79-68-63-58-53-48-45-43-38-33-28-23-18-13-8-2)93-97(105)92-101(84-70-65-60-55-50-41-36-31-26-21-16-11-5)86-72-71-85-100(83-69-64-59-54-49-40-35-30-25-20-15-10-4)91-96(104)90-99-82-74-81-98(106)107-89-73-66-61-56-51-46-39-34-29-24-19-14-9-3/h74-76,78,80-81,96-97,99,104-105H,6-73,77,79,82-93H2,1-5H3/b78-75+,80-76+,81-74+. The third-order valence-corrected chi connectivity index (χ3v) is 22.7. The number of nitrogens with zero attached hydrogens (tertiary/aromatic N) is 3. The predicted molar refractivity (Wildman–Crippen MR) is 474 cm³/mol. The molecule has 2 atom stereocenters. The Hall–Kier alpha value is -2.14. The fourth-order valence-electron chi connectivity index (χ4n) is 15.6. The van der Waals surface area contributed by atoms with Crippen LogP contribution in [0.2, 0.25) is 0 Å². The van der Waals surface area contributed by atoms with Gasteiger partial charge in [-0.05, 0) is 83.6 Å². The minimum absolute atomic E-state index is 0.229. The summed E-state index contributed by atoms with van der Waals surface area (Å²) in [5.41, 5.74) is 1.19. The van der Waals surface area contributed by atoms with E-state index >= 15 is 0 Å². The van der Waals surface area contributed by atoms with E-state index in [4.69, 9.17) is 4.74 Å². The third kappa shape index (κ3) is 84.6. The van der Waals surface area contributed by atoms with Gasteiger partial charge in [-0.3, -0.25) is 9.69 Å². The van der Waals surface area contributed by atoms with Crippen molar-refractivity contribution in [2.24, 2.45) is 0 Å². The normalized spacial score (nSPS) is 12.7. The molecule has 0 radical (unpaired) electrons. The summed E-state index contributed by atoms with van der Waals surface area (Å²) >= 11 is 0. The molecule has 0 fully saturated rings. The van der Waals surface area contributed by atoms with Crippen LogP contribution >= 0.6 is 0 Å². The number of unbranched alkanes of at least 4 members (excludes halogenated alkanes) is 61. The molecule has 0 aromatic heterocycles. The van der Waals surface area contributed by atoms with E-state index in [1.807, 2.05) is 12.2 Å².